The van der Waals surface area contributed by atoms with Gasteiger partial charge in [0.2, 0.25) is 5.91 Å². The maximum Gasteiger partial charge on any atom is 0.230 e. The third-order valence-corrected chi connectivity index (χ3v) is 4.90. The van der Waals surface area contributed by atoms with E-state index in [0.717, 1.165) is 21.8 Å². The SMILES string of the molecule is Cc1cc(C)n(-c2cc(NC(=O)Cc3cccnc3)nc(-c3cccs3)n2)n1. The summed E-state index contributed by atoms with van der Waals surface area (Å²) >= 11 is 1.54. The van der Waals surface area contributed by atoms with Gasteiger partial charge in [-0.05, 0) is 43.0 Å². The zero-order chi connectivity index (χ0) is 19.5. The molecule has 8 heteroatoms. The van der Waals surface area contributed by atoms with Crippen LogP contribution in [0.15, 0.2) is 54.2 Å². The van der Waals surface area contributed by atoms with Crippen molar-refractivity contribution in [1.29, 1.82) is 0 Å². The van der Waals surface area contributed by atoms with Gasteiger partial charge in [0.05, 0.1) is 17.0 Å². The van der Waals surface area contributed by atoms with Gasteiger partial charge in [-0.2, -0.15) is 5.10 Å². The van der Waals surface area contributed by atoms with Gasteiger partial charge in [0.25, 0.3) is 0 Å². The number of aryl methyl sites for hydroxylation is 2. The van der Waals surface area contributed by atoms with Crippen LogP contribution in [0.4, 0.5) is 5.82 Å². The lowest BCUT2D eigenvalue weighted by atomic mass is 10.2. The maximum absolute atomic E-state index is 12.5. The summed E-state index contributed by atoms with van der Waals surface area (Å²) in [5.41, 5.74) is 2.70. The summed E-state index contributed by atoms with van der Waals surface area (Å²) in [5.74, 6) is 1.44. The van der Waals surface area contributed by atoms with E-state index in [2.05, 4.69) is 25.4 Å². The summed E-state index contributed by atoms with van der Waals surface area (Å²) in [5, 5.41) is 9.34. The number of rotatable bonds is 5. The molecule has 4 rings (SSSR count). The molecule has 0 bridgehead atoms. The molecule has 1 N–H and O–H groups in total. The van der Waals surface area contributed by atoms with Crippen LogP contribution in [-0.2, 0) is 11.2 Å². The van der Waals surface area contributed by atoms with Crippen molar-refractivity contribution in [3.63, 3.8) is 0 Å². The molecule has 0 unspecified atom stereocenters. The number of amides is 1. The number of nitrogens with one attached hydrogen (secondary N) is 1. The Morgan fingerprint density at radius 3 is 2.75 bits per heavy atom. The fraction of sp³-hybridized carbons (Fsp3) is 0.150. The lowest BCUT2D eigenvalue weighted by molar-refractivity contribution is -0.115. The van der Waals surface area contributed by atoms with Gasteiger partial charge >= 0.3 is 0 Å². The Bertz CT molecular complexity index is 1110. The van der Waals surface area contributed by atoms with Crippen molar-refractivity contribution in [3.8, 4) is 16.5 Å². The molecule has 0 aliphatic heterocycles. The van der Waals surface area contributed by atoms with Crippen LogP contribution in [0.5, 0.6) is 0 Å². The summed E-state index contributed by atoms with van der Waals surface area (Å²) in [6.07, 6.45) is 3.58. The summed E-state index contributed by atoms with van der Waals surface area (Å²) < 4.78 is 1.75. The largest absolute Gasteiger partial charge is 0.310 e. The molecule has 7 nitrogen and oxygen atoms in total. The normalized spacial score (nSPS) is 10.8. The molecular weight excluding hydrogens is 372 g/mol. The zero-order valence-electron chi connectivity index (χ0n) is 15.5. The molecule has 4 aromatic heterocycles. The number of hydrogen-bond acceptors (Lipinski definition) is 6. The maximum atomic E-state index is 12.5. The third-order valence-electron chi connectivity index (χ3n) is 4.04. The van der Waals surface area contributed by atoms with E-state index in [9.17, 15) is 4.79 Å². The number of pyridine rings is 1. The number of carbonyl (C=O) groups is 1. The number of thiophene rings is 1. The molecule has 0 aromatic carbocycles. The van der Waals surface area contributed by atoms with Crippen molar-refractivity contribution in [2.75, 3.05) is 5.32 Å². The van der Waals surface area contributed by atoms with E-state index in [1.165, 1.54) is 0 Å². The first-order valence-corrected chi connectivity index (χ1v) is 9.62. The molecule has 0 saturated carbocycles. The Labute approximate surface area is 166 Å². The Hall–Kier alpha value is -3.39. The molecule has 0 aliphatic rings. The number of nitrogens with zero attached hydrogens (tertiary/aromatic N) is 5. The highest BCUT2D eigenvalue weighted by molar-refractivity contribution is 7.13. The zero-order valence-corrected chi connectivity index (χ0v) is 16.3. The minimum atomic E-state index is -0.164. The van der Waals surface area contributed by atoms with Crippen LogP contribution in [0, 0.1) is 13.8 Å². The molecule has 0 aliphatic carbocycles. The molecule has 0 atom stereocenters. The standard InChI is InChI=1S/C20H18N6OS/c1-13-9-14(2)26(25-13)18-11-17(23-20(24-18)16-6-4-8-28-16)22-19(27)10-15-5-3-7-21-12-15/h3-9,11-12H,10H2,1-2H3,(H,22,23,24,27). The molecule has 28 heavy (non-hydrogen) atoms. The predicted molar refractivity (Wildman–Crippen MR) is 109 cm³/mol. The molecule has 0 spiro atoms. The van der Waals surface area contributed by atoms with Gasteiger partial charge in [0, 0.05) is 24.2 Å². The quantitative estimate of drug-likeness (QED) is 0.563. The summed E-state index contributed by atoms with van der Waals surface area (Å²) in [7, 11) is 0. The fourth-order valence-electron chi connectivity index (χ4n) is 2.86. The fourth-order valence-corrected chi connectivity index (χ4v) is 3.52. The van der Waals surface area contributed by atoms with E-state index in [-0.39, 0.29) is 12.3 Å². The summed E-state index contributed by atoms with van der Waals surface area (Å²) in [4.78, 5) is 26.6. The molecule has 4 heterocycles. The van der Waals surface area contributed by atoms with Crippen molar-refractivity contribution in [1.82, 2.24) is 24.7 Å². The van der Waals surface area contributed by atoms with Crippen molar-refractivity contribution >= 4 is 23.1 Å². The van der Waals surface area contributed by atoms with Crippen LogP contribution in [0.2, 0.25) is 0 Å². The van der Waals surface area contributed by atoms with E-state index >= 15 is 0 Å². The van der Waals surface area contributed by atoms with E-state index in [1.54, 1.807) is 34.5 Å². The van der Waals surface area contributed by atoms with Gasteiger partial charge in [-0.25, -0.2) is 14.6 Å². The molecule has 0 saturated heterocycles. The summed E-state index contributed by atoms with van der Waals surface area (Å²) in [6, 6.07) is 11.3. The number of hydrogen-bond donors (Lipinski definition) is 1. The van der Waals surface area contributed by atoms with Crippen LogP contribution in [0.25, 0.3) is 16.5 Å². The lowest BCUT2D eigenvalue weighted by Crippen LogP contribution is -2.16. The smallest absolute Gasteiger partial charge is 0.230 e. The van der Waals surface area contributed by atoms with Crippen molar-refractivity contribution < 1.29 is 4.79 Å². The predicted octanol–water partition coefficient (Wildman–Crippen LogP) is 3.58. The molecular formula is C20H18N6OS. The molecule has 0 fully saturated rings. The van der Waals surface area contributed by atoms with Crippen molar-refractivity contribution in [2.24, 2.45) is 0 Å². The Morgan fingerprint density at radius 2 is 2.07 bits per heavy atom. The van der Waals surface area contributed by atoms with Gasteiger partial charge in [0.15, 0.2) is 11.6 Å². The first-order valence-electron chi connectivity index (χ1n) is 8.74. The Morgan fingerprint density at radius 1 is 1.18 bits per heavy atom. The number of anilines is 1. The topological polar surface area (TPSA) is 85.6 Å². The van der Waals surface area contributed by atoms with Gasteiger partial charge in [-0.1, -0.05) is 12.1 Å². The summed E-state index contributed by atoms with van der Waals surface area (Å²) in [6.45, 7) is 3.90. The number of aromatic nitrogens is 5. The first kappa shape index (κ1) is 18.0. The van der Waals surface area contributed by atoms with Gasteiger partial charge in [-0.3, -0.25) is 9.78 Å². The first-order chi connectivity index (χ1) is 13.6. The van der Waals surface area contributed by atoms with Gasteiger partial charge < -0.3 is 5.32 Å². The van der Waals surface area contributed by atoms with E-state index in [0.29, 0.717) is 17.5 Å². The van der Waals surface area contributed by atoms with Crippen LogP contribution in [0.3, 0.4) is 0 Å². The highest BCUT2D eigenvalue weighted by atomic mass is 32.1. The van der Waals surface area contributed by atoms with Crippen LogP contribution < -0.4 is 5.32 Å². The molecule has 4 aromatic rings. The van der Waals surface area contributed by atoms with Crippen molar-refractivity contribution in [2.45, 2.75) is 20.3 Å². The molecule has 0 radical (unpaired) electrons. The minimum Gasteiger partial charge on any atom is -0.310 e. The van der Waals surface area contributed by atoms with Gasteiger partial charge in [-0.15, -0.1) is 11.3 Å². The Balaban J connectivity index is 1.68. The Kier molecular flexibility index (Phi) is 4.94. The average molecular weight is 390 g/mol. The van der Waals surface area contributed by atoms with Gasteiger partial charge in [0.1, 0.15) is 5.82 Å². The monoisotopic (exact) mass is 390 g/mol. The highest BCUT2D eigenvalue weighted by Crippen LogP contribution is 2.24. The van der Waals surface area contributed by atoms with Crippen molar-refractivity contribution in [3.05, 3.63) is 71.1 Å². The molecule has 140 valence electrons. The second-order valence-electron chi connectivity index (χ2n) is 6.34. The minimum absolute atomic E-state index is 0.164. The van der Waals surface area contributed by atoms with E-state index in [1.807, 2.05) is 49.6 Å². The lowest BCUT2D eigenvalue weighted by Gasteiger charge is -2.10. The average Bonchev–Trinajstić information content (AvgIpc) is 3.32. The highest BCUT2D eigenvalue weighted by Gasteiger charge is 2.14. The van der Waals surface area contributed by atoms with E-state index < -0.39 is 0 Å². The van der Waals surface area contributed by atoms with E-state index in [4.69, 9.17) is 0 Å². The van der Waals surface area contributed by atoms with Crippen LogP contribution in [-0.4, -0.2) is 30.6 Å². The third kappa shape index (κ3) is 3.96. The van der Waals surface area contributed by atoms with Crippen LogP contribution >= 0.6 is 11.3 Å². The molecule has 1 amide bonds. The van der Waals surface area contributed by atoms with Crippen LogP contribution in [0.1, 0.15) is 17.0 Å². The number of carbonyl (C=O) groups excluding carboxylic acids is 1. The second-order valence-corrected chi connectivity index (χ2v) is 7.29. The second kappa shape index (κ2) is 7.69.